The molecule has 0 spiro atoms. The fraction of sp³-hybridized carbons (Fsp3) is 0.409. The highest BCUT2D eigenvalue weighted by Gasteiger charge is 2.20. The quantitative estimate of drug-likeness (QED) is 0.668. The molecule has 0 unspecified atom stereocenters. The summed E-state index contributed by atoms with van der Waals surface area (Å²) in [5, 5.41) is 2.71. The van der Waals surface area contributed by atoms with Gasteiger partial charge in [0.25, 0.3) is 0 Å². The third-order valence-corrected chi connectivity index (χ3v) is 5.53. The number of carbonyl (C=O) groups excluding carboxylic acids is 1. The Morgan fingerprint density at radius 2 is 1.76 bits per heavy atom. The Kier molecular flexibility index (Phi) is 7.30. The second kappa shape index (κ2) is 9.31. The highest BCUT2D eigenvalue weighted by Crippen LogP contribution is 2.24. The van der Waals surface area contributed by atoms with Gasteiger partial charge in [-0.1, -0.05) is 45.0 Å². The van der Waals surface area contributed by atoms with Crippen LogP contribution in [0.1, 0.15) is 31.9 Å². The van der Waals surface area contributed by atoms with Crippen molar-refractivity contribution in [2.24, 2.45) is 0 Å². The summed E-state index contributed by atoms with van der Waals surface area (Å²) in [6.07, 6.45) is 1.09. The number of benzene rings is 2. The van der Waals surface area contributed by atoms with Crippen molar-refractivity contribution >= 4 is 21.6 Å². The summed E-state index contributed by atoms with van der Waals surface area (Å²) in [4.78, 5) is 12.3. The van der Waals surface area contributed by atoms with Crippen LogP contribution in [-0.2, 0) is 20.2 Å². The maximum atomic E-state index is 12.3. The Balaban J connectivity index is 1.86. The van der Waals surface area contributed by atoms with Crippen LogP contribution in [0.4, 0.5) is 5.69 Å². The van der Waals surface area contributed by atoms with E-state index in [1.807, 2.05) is 37.3 Å². The number of sulfonamides is 1. The molecule has 29 heavy (non-hydrogen) atoms. The zero-order valence-electron chi connectivity index (χ0n) is 17.7. The molecular weight excluding hydrogens is 388 g/mol. The van der Waals surface area contributed by atoms with Crippen molar-refractivity contribution in [3.63, 3.8) is 0 Å². The zero-order chi connectivity index (χ0) is 21.7. The van der Waals surface area contributed by atoms with Crippen molar-refractivity contribution in [2.45, 2.75) is 33.1 Å². The third kappa shape index (κ3) is 7.09. The fourth-order valence-corrected chi connectivity index (χ4v) is 3.63. The molecule has 0 aliphatic rings. The standard InChI is InChI=1S/C22H30N2O4S/c1-17-7-6-8-19(15-17)24(29(5,26)27)16-21(25)23-13-14-28-20-11-9-18(10-12-20)22(2,3)4/h6-12,15H,13-14,16H2,1-5H3,(H,23,25). The van der Waals surface area contributed by atoms with Crippen LogP contribution < -0.4 is 14.4 Å². The van der Waals surface area contributed by atoms with Crippen LogP contribution in [0.3, 0.4) is 0 Å². The van der Waals surface area contributed by atoms with Crippen LogP contribution >= 0.6 is 0 Å². The molecule has 0 saturated heterocycles. The van der Waals surface area contributed by atoms with Crippen molar-refractivity contribution in [3.05, 3.63) is 59.7 Å². The average Bonchev–Trinajstić information content (AvgIpc) is 2.62. The number of carbonyl (C=O) groups is 1. The second-order valence-electron chi connectivity index (χ2n) is 8.08. The van der Waals surface area contributed by atoms with Crippen LogP contribution in [0.5, 0.6) is 5.75 Å². The molecule has 0 radical (unpaired) electrons. The molecule has 0 aromatic heterocycles. The molecule has 158 valence electrons. The smallest absolute Gasteiger partial charge is 0.240 e. The van der Waals surface area contributed by atoms with Crippen molar-refractivity contribution in [1.82, 2.24) is 5.32 Å². The highest BCUT2D eigenvalue weighted by molar-refractivity contribution is 7.92. The van der Waals surface area contributed by atoms with Gasteiger partial charge in [0.2, 0.25) is 15.9 Å². The molecule has 0 fully saturated rings. The number of hydrogen-bond acceptors (Lipinski definition) is 4. The summed E-state index contributed by atoms with van der Waals surface area (Å²) in [5.41, 5.74) is 2.69. The molecule has 0 aliphatic heterocycles. The maximum absolute atomic E-state index is 12.3. The largest absolute Gasteiger partial charge is 0.492 e. The molecule has 0 saturated carbocycles. The highest BCUT2D eigenvalue weighted by atomic mass is 32.2. The molecule has 6 nitrogen and oxygen atoms in total. The minimum Gasteiger partial charge on any atom is -0.492 e. The zero-order valence-corrected chi connectivity index (χ0v) is 18.5. The minimum absolute atomic E-state index is 0.0787. The summed E-state index contributed by atoms with van der Waals surface area (Å²) in [7, 11) is -3.58. The monoisotopic (exact) mass is 418 g/mol. The van der Waals surface area contributed by atoms with E-state index in [0.717, 1.165) is 21.9 Å². The summed E-state index contributed by atoms with van der Waals surface area (Å²) in [6.45, 7) is 8.62. The lowest BCUT2D eigenvalue weighted by Gasteiger charge is -2.22. The Morgan fingerprint density at radius 1 is 1.10 bits per heavy atom. The van der Waals surface area contributed by atoms with Crippen molar-refractivity contribution in [2.75, 3.05) is 30.3 Å². The Hall–Kier alpha value is -2.54. The number of aryl methyl sites for hydroxylation is 1. The number of rotatable bonds is 8. The van der Waals surface area contributed by atoms with Crippen LogP contribution in [0.25, 0.3) is 0 Å². The van der Waals surface area contributed by atoms with Crippen molar-refractivity contribution in [1.29, 1.82) is 0 Å². The van der Waals surface area contributed by atoms with Crippen molar-refractivity contribution < 1.29 is 17.9 Å². The summed E-state index contributed by atoms with van der Waals surface area (Å²) < 4.78 is 31.0. The third-order valence-electron chi connectivity index (χ3n) is 4.39. The molecule has 0 bridgehead atoms. The van der Waals surface area contributed by atoms with Crippen LogP contribution in [0.2, 0.25) is 0 Å². The molecule has 2 aromatic carbocycles. The molecule has 2 rings (SSSR count). The average molecular weight is 419 g/mol. The minimum atomic E-state index is -3.58. The van der Waals surface area contributed by atoms with E-state index in [1.165, 1.54) is 5.56 Å². The first-order valence-electron chi connectivity index (χ1n) is 9.51. The van der Waals surface area contributed by atoms with Gasteiger partial charge in [-0.25, -0.2) is 8.42 Å². The van der Waals surface area contributed by atoms with Gasteiger partial charge in [0, 0.05) is 0 Å². The topological polar surface area (TPSA) is 75.7 Å². The maximum Gasteiger partial charge on any atom is 0.240 e. The normalized spacial score (nSPS) is 11.8. The van der Waals surface area contributed by atoms with E-state index >= 15 is 0 Å². The summed E-state index contributed by atoms with van der Waals surface area (Å²) in [6, 6.07) is 14.9. The fourth-order valence-electron chi connectivity index (χ4n) is 2.78. The molecule has 2 aromatic rings. The lowest BCUT2D eigenvalue weighted by atomic mass is 9.87. The van der Waals surface area contributed by atoms with E-state index in [1.54, 1.807) is 18.2 Å². The molecule has 0 aliphatic carbocycles. The van der Waals surface area contributed by atoms with E-state index < -0.39 is 10.0 Å². The number of ether oxygens (including phenoxy) is 1. The lowest BCUT2D eigenvalue weighted by Crippen LogP contribution is -2.41. The number of anilines is 1. The molecule has 1 amide bonds. The first kappa shape index (κ1) is 22.7. The Labute approximate surface area is 173 Å². The van der Waals surface area contributed by atoms with E-state index in [9.17, 15) is 13.2 Å². The molecular formula is C22H30N2O4S. The van der Waals surface area contributed by atoms with E-state index in [4.69, 9.17) is 4.74 Å². The van der Waals surface area contributed by atoms with E-state index in [2.05, 4.69) is 26.1 Å². The predicted molar refractivity (Wildman–Crippen MR) is 117 cm³/mol. The van der Waals surface area contributed by atoms with Gasteiger partial charge in [-0.05, 0) is 47.7 Å². The molecule has 1 N–H and O–H groups in total. The van der Waals surface area contributed by atoms with Gasteiger partial charge in [-0.3, -0.25) is 9.10 Å². The van der Waals surface area contributed by atoms with Gasteiger partial charge in [-0.15, -0.1) is 0 Å². The number of nitrogens with one attached hydrogen (secondary N) is 1. The van der Waals surface area contributed by atoms with Gasteiger partial charge >= 0.3 is 0 Å². The Bertz CT molecular complexity index is 932. The number of nitrogens with zero attached hydrogens (tertiary/aromatic N) is 1. The van der Waals surface area contributed by atoms with Crippen LogP contribution in [-0.4, -0.2) is 40.3 Å². The second-order valence-corrected chi connectivity index (χ2v) is 9.99. The predicted octanol–water partition coefficient (Wildman–Crippen LogP) is 3.25. The van der Waals surface area contributed by atoms with Crippen LogP contribution in [0, 0.1) is 6.92 Å². The van der Waals surface area contributed by atoms with Crippen LogP contribution in [0.15, 0.2) is 48.5 Å². The van der Waals surface area contributed by atoms with Gasteiger partial charge in [0.05, 0.1) is 18.5 Å². The van der Waals surface area contributed by atoms with Gasteiger partial charge in [-0.2, -0.15) is 0 Å². The number of amides is 1. The van der Waals surface area contributed by atoms with E-state index in [-0.39, 0.29) is 24.4 Å². The van der Waals surface area contributed by atoms with Crippen molar-refractivity contribution in [3.8, 4) is 5.75 Å². The Morgan fingerprint density at radius 3 is 2.31 bits per heavy atom. The first-order valence-corrected chi connectivity index (χ1v) is 11.4. The summed E-state index contributed by atoms with van der Waals surface area (Å²) in [5.74, 6) is 0.341. The van der Waals surface area contributed by atoms with Gasteiger partial charge < -0.3 is 10.1 Å². The first-order chi connectivity index (χ1) is 13.5. The van der Waals surface area contributed by atoms with Gasteiger partial charge in [0.15, 0.2) is 0 Å². The molecule has 0 atom stereocenters. The molecule has 7 heteroatoms. The molecule has 0 heterocycles. The number of hydrogen-bond donors (Lipinski definition) is 1. The lowest BCUT2D eigenvalue weighted by molar-refractivity contribution is -0.119. The SMILES string of the molecule is Cc1cccc(N(CC(=O)NCCOc2ccc(C(C)(C)C)cc2)S(C)(=O)=O)c1. The summed E-state index contributed by atoms with van der Waals surface area (Å²) >= 11 is 0. The van der Waals surface area contributed by atoms with Gasteiger partial charge in [0.1, 0.15) is 18.9 Å². The van der Waals surface area contributed by atoms with E-state index in [0.29, 0.717) is 12.3 Å².